The van der Waals surface area contributed by atoms with Crippen LogP contribution in [0.5, 0.6) is 0 Å². The number of hydrogen-bond donors (Lipinski definition) is 0. The van der Waals surface area contributed by atoms with Crippen LogP contribution in [0.4, 0.5) is 0 Å². The average Bonchev–Trinajstić information content (AvgIpc) is 2.11. The number of nitrogens with zero attached hydrogens (tertiary/aromatic N) is 1. The third-order valence-corrected chi connectivity index (χ3v) is 2.35. The summed E-state index contributed by atoms with van der Waals surface area (Å²) in [5.74, 6) is 0. The zero-order chi connectivity index (χ0) is 9.40. The van der Waals surface area contributed by atoms with Crippen molar-refractivity contribution >= 4 is 0 Å². The van der Waals surface area contributed by atoms with Gasteiger partial charge in [-0.25, -0.2) is 0 Å². The molecule has 0 rings (SSSR count). The fourth-order valence-corrected chi connectivity index (χ4v) is 1.38. The molecule has 0 aliphatic carbocycles. The molecule has 73 valence electrons. The Kier molecular flexibility index (Phi) is 7.58. The van der Waals surface area contributed by atoms with Crippen LogP contribution in [0.15, 0.2) is 0 Å². The molecule has 1 radical (unpaired) electrons. The van der Waals surface area contributed by atoms with E-state index in [1.807, 2.05) is 0 Å². The molecule has 0 saturated carbocycles. The zero-order valence-electron chi connectivity index (χ0n) is 8.97. The van der Waals surface area contributed by atoms with Crippen LogP contribution in [0.3, 0.4) is 0 Å². The van der Waals surface area contributed by atoms with E-state index >= 15 is 0 Å². The lowest BCUT2D eigenvalue weighted by molar-refractivity contribution is 0.206. The SMILES string of the molecule is [CH2]CC(C)N(CCC)CCCC. The summed E-state index contributed by atoms with van der Waals surface area (Å²) in [6, 6.07) is 0.663. The van der Waals surface area contributed by atoms with E-state index in [-0.39, 0.29) is 0 Å². The Morgan fingerprint density at radius 3 is 2.25 bits per heavy atom. The van der Waals surface area contributed by atoms with Gasteiger partial charge in [0.2, 0.25) is 0 Å². The quantitative estimate of drug-likeness (QED) is 0.567. The molecular formula is C11H24N. The zero-order valence-corrected chi connectivity index (χ0v) is 8.97. The molecular weight excluding hydrogens is 146 g/mol. The molecule has 1 unspecified atom stereocenters. The van der Waals surface area contributed by atoms with Crippen molar-refractivity contribution in [3.8, 4) is 0 Å². The first-order valence-electron chi connectivity index (χ1n) is 5.29. The predicted octanol–water partition coefficient (Wildman–Crippen LogP) is 3.11. The van der Waals surface area contributed by atoms with Crippen molar-refractivity contribution in [3.63, 3.8) is 0 Å². The first-order valence-corrected chi connectivity index (χ1v) is 5.29. The molecule has 0 heterocycles. The van der Waals surface area contributed by atoms with Gasteiger partial charge in [0.15, 0.2) is 0 Å². The van der Waals surface area contributed by atoms with E-state index in [1.54, 1.807) is 0 Å². The molecule has 12 heavy (non-hydrogen) atoms. The van der Waals surface area contributed by atoms with E-state index in [2.05, 4.69) is 32.6 Å². The minimum Gasteiger partial charge on any atom is -0.301 e. The summed E-state index contributed by atoms with van der Waals surface area (Å²) in [6.07, 6.45) is 4.91. The van der Waals surface area contributed by atoms with Crippen LogP contribution in [0.1, 0.15) is 46.5 Å². The third kappa shape index (κ3) is 4.76. The smallest absolute Gasteiger partial charge is 0.00669 e. The summed E-state index contributed by atoms with van der Waals surface area (Å²) in [4.78, 5) is 2.55. The van der Waals surface area contributed by atoms with E-state index in [4.69, 9.17) is 0 Å². The fraction of sp³-hybridized carbons (Fsp3) is 0.909. The number of unbranched alkanes of at least 4 members (excludes halogenated alkanes) is 1. The molecule has 1 nitrogen and oxygen atoms in total. The van der Waals surface area contributed by atoms with Crippen molar-refractivity contribution in [2.75, 3.05) is 13.1 Å². The van der Waals surface area contributed by atoms with Gasteiger partial charge in [-0.15, -0.1) is 0 Å². The van der Waals surface area contributed by atoms with Crippen molar-refractivity contribution in [2.45, 2.75) is 52.5 Å². The van der Waals surface area contributed by atoms with Crippen LogP contribution in [-0.4, -0.2) is 24.0 Å². The van der Waals surface area contributed by atoms with Gasteiger partial charge in [0.1, 0.15) is 0 Å². The first-order chi connectivity index (χ1) is 5.76. The molecule has 1 heteroatoms. The lowest BCUT2D eigenvalue weighted by Crippen LogP contribution is -2.34. The summed E-state index contributed by atoms with van der Waals surface area (Å²) in [5, 5.41) is 0. The minimum absolute atomic E-state index is 0.663. The average molecular weight is 170 g/mol. The highest BCUT2D eigenvalue weighted by atomic mass is 15.1. The van der Waals surface area contributed by atoms with Gasteiger partial charge in [0, 0.05) is 6.04 Å². The van der Waals surface area contributed by atoms with Crippen LogP contribution < -0.4 is 0 Å². The van der Waals surface area contributed by atoms with Crippen LogP contribution >= 0.6 is 0 Å². The van der Waals surface area contributed by atoms with Crippen LogP contribution in [0, 0.1) is 6.92 Å². The van der Waals surface area contributed by atoms with Gasteiger partial charge in [0.05, 0.1) is 0 Å². The Balaban J connectivity index is 3.68. The maximum Gasteiger partial charge on any atom is 0.00669 e. The summed E-state index contributed by atoms with van der Waals surface area (Å²) < 4.78 is 0. The molecule has 0 bridgehead atoms. The molecule has 0 N–H and O–H groups in total. The van der Waals surface area contributed by atoms with Gasteiger partial charge in [-0.2, -0.15) is 0 Å². The van der Waals surface area contributed by atoms with Gasteiger partial charge >= 0.3 is 0 Å². The molecule has 0 aromatic heterocycles. The Hall–Kier alpha value is -0.0400. The Morgan fingerprint density at radius 2 is 1.83 bits per heavy atom. The maximum absolute atomic E-state index is 3.96. The summed E-state index contributed by atoms with van der Waals surface area (Å²) in [5.41, 5.74) is 0. The topological polar surface area (TPSA) is 3.24 Å². The van der Waals surface area contributed by atoms with E-state index < -0.39 is 0 Å². The second-order valence-corrected chi connectivity index (χ2v) is 3.53. The number of hydrogen-bond acceptors (Lipinski definition) is 1. The molecule has 0 saturated heterocycles. The Labute approximate surface area is 78.1 Å². The third-order valence-electron chi connectivity index (χ3n) is 2.35. The van der Waals surface area contributed by atoms with Crippen molar-refractivity contribution in [3.05, 3.63) is 6.92 Å². The maximum atomic E-state index is 3.96. The summed E-state index contributed by atoms with van der Waals surface area (Å²) >= 11 is 0. The molecule has 1 atom stereocenters. The van der Waals surface area contributed by atoms with Crippen LogP contribution in [0.25, 0.3) is 0 Å². The minimum atomic E-state index is 0.663. The monoisotopic (exact) mass is 170 g/mol. The van der Waals surface area contributed by atoms with Gasteiger partial charge < -0.3 is 4.90 Å². The van der Waals surface area contributed by atoms with Crippen molar-refractivity contribution in [2.24, 2.45) is 0 Å². The van der Waals surface area contributed by atoms with Gasteiger partial charge in [0.25, 0.3) is 0 Å². The molecule has 0 aromatic carbocycles. The first kappa shape index (κ1) is 12.0. The van der Waals surface area contributed by atoms with Crippen LogP contribution in [0.2, 0.25) is 0 Å². The highest BCUT2D eigenvalue weighted by molar-refractivity contribution is 4.67. The van der Waals surface area contributed by atoms with E-state index in [0.29, 0.717) is 6.04 Å². The lowest BCUT2D eigenvalue weighted by atomic mass is 10.2. The number of rotatable bonds is 7. The summed E-state index contributed by atoms with van der Waals surface area (Å²) in [7, 11) is 0. The van der Waals surface area contributed by atoms with Crippen LogP contribution in [-0.2, 0) is 0 Å². The van der Waals surface area contributed by atoms with E-state index in [9.17, 15) is 0 Å². The van der Waals surface area contributed by atoms with Gasteiger partial charge in [-0.1, -0.05) is 27.2 Å². The Morgan fingerprint density at radius 1 is 1.17 bits per heavy atom. The van der Waals surface area contributed by atoms with E-state index in [0.717, 1.165) is 6.42 Å². The standard InChI is InChI=1S/C11H24N/c1-5-8-10-12(9-6-2)11(4)7-3/h11H,3,5-10H2,1-2,4H3. The summed E-state index contributed by atoms with van der Waals surface area (Å²) in [6.45, 7) is 13.2. The second-order valence-electron chi connectivity index (χ2n) is 3.53. The largest absolute Gasteiger partial charge is 0.301 e. The molecule has 0 spiro atoms. The van der Waals surface area contributed by atoms with E-state index in [1.165, 1.54) is 32.4 Å². The normalized spacial score (nSPS) is 13.8. The molecule has 0 amide bonds. The molecule has 0 aromatic rings. The second kappa shape index (κ2) is 7.60. The molecule has 0 aliphatic rings. The fourth-order valence-electron chi connectivity index (χ4n) is 1.38. The van der Waals surface area contributed by atoms with Crippen molar-refractivity contribution < 1.29 is 0 Å². The molecule has 0 fully saturated rings. The van der Waals surface area contributed by atoms with Gasteiger partial charge in [-0.05, 0) is 39.3 Å². The lowest BCUT2D eigenvalue weighted by Gasteiger charge is -2.27. The Bertz CT molecular complexity index is 91.0. The highest BCUT2D eigenvalue weighted by Gasteiger charge is 2.09. The van der Waals surface area contributed by atoms with Crippen molar-refractivity contribution in [1.29, 1.82) is 0 Å². The predicted molar refractivity (Wildman–Crippen MR) is 56.2 cm³/mol. The van der Waals surface area contributed by atoms with Gasteiger partial charge in [-0.3, -0.25) is 0 Å². The highest BCUT2D eigenvalue weighted by Crippen LogP contribution is 2.05. The molecule has 0 aliphatic heterocycles. The van der Waals surface area contributed by atoms with Crippen molar-refractivity contribution in [1.82, 2.24) is 4.90 Å².